The molecule has 0 aromatic rings. The Morgan fingerprint density at radius 1 is 1.38 bits per heavy atom. The van der Waals surface area contributed by atoms with Gasteiger partial charge >= 0.3 is 0 Å². The predicted molar refractivity (Wildman–Crippen MR) is 48.4 cm³/mol. The van der Waals surface area contributed by atoms with Gasteiger partial charge in [-0.25, -0.2) is 0 Å². The van der Waals surface area contributed by atoms with Crippen LogP contribution < -0.4 is 17.2 Å². The molecule has 3 heterocycles. The molecule has 0 radical (unpaired) electrons. The zero-order valence-electron chi connectivity index (χ0n) is 7.57. The van der Waals surface area contributed by atoms with Crippen molar-refractivity contribution in [2.45, 2.75) is 24.5 Å². The van der Waals surface area contributed by atoms with Crippen LogP contribution >= 0.6 is 0 Å². The summed E-state index contributed by atoms with van der Waals surface area (Å²) in [7, 11) is 0. The highest BCUT2D eigenvalue weighted by atomic mass is 16.2. The molecule has 74 valence electrons. The lowest BCUT2D eigenvalue weighted by molar-refractivity contribution is -0.140. The molecule has 0 aromatic carbocycles. The second kappa shape index (κ2) is 2.67. The van der Waals surface area contributed by atoms with Crippen molar-refractivity contribution in [2.24, 2.45) is 23.1 Å². The highest BCUT2D eigenvalue weighted by Gasteiger charge is 2.53. The van der Waals surface area contributed by atoms with Gasteiger partial charge in [-0.3, -0.25) is 9.69 Å². The molecule has 3 rings (SSSR count). The van der Waals surface area contributed by atoms with E-state index >= 15 is 0 Å². The Bertz CT molecular complexity index is 232. The minimum absolute atomic E-state index is 0.299. The summed E-state index contributed by atoms with van der Waals surface area (Å²) in [5.41, 5.74) is 16.1. The molecule has 6 N–H and O–H groups in total. The van der Waals surface area contributed by atoms with Gasteiger partial charge in [-0.2, -0.15) is 0 Å². The zero-order valence-corrected chi connectivity index (χ0v) is 7.57. The normalized spacial score (nSPS) is 49.2. The van der Waals surface area contributed by atoms with E-state index in [2.05, 4.69) is 0 Å². The molecule has 1 amide bonds. The number of nitrogens with zero attached hydrogens (tertiary/aromatic N) is 1. The number of amides is 1. The highest BCUT2D eigenvalue weighted by Crippen LogP contribution is 2.34. The average Bonchev–Trinajstić information content (AvgIpc) is 2.13. The van der Waals surface area contributed by atoms with Crippen molar-refractivity contribution in [3.63, 3.8) is 0 Å². The first-order valence-electron chi connectivity index (χ1n) is 4.66. The van der Waals surface area contributed by atoms with E-state index in [1.807, 2.05) is 4.90 Å². The summed E-state index contributed by atoms with van der Waals surface area (Å²) in [6, 6.07) is -0.299. The van der Waals surface area contributed by atoms with Gasteiger partial charge in [-0.1, -0.05) is 0 Å². The standard InChI is InChI=1S/C8H16N4O/c9-6-5-1-3-12(4-2-5)8(6,11)7(10)13/h5-6H,1-4,9,11H2,(H2,10,13). The Morgan fingerprint density at radius 2 is 1.92 bits per heavy atom. The molecule has 3 fully saturated rings. The Morgan fingerprint density at radius 3 is 2.23 bits per heavy atom. The summed E-state index contributed by atoms with van der Waals surface area (Å²) >= 11 is 0. The van der Waals surface area contributed by atoms with Crippen molar-refractivity contribution in [3.8, 4) is 0 Å². The van der Waals surface area contributed by atoms with Gasteiger partial charge in [0.05, 0.1) is 0 Å². The van der Waals surface area contributed by atoms with Crippen molar-refractivity contribution in [2.75, 3.05) is 13.1 Å². The van der Waals surface area contributed by atoms with Gasteiger partial charge in [0.15, 0.2) is 5.66 Å². The van der Waals surface area contributed by atoms with Gasteiger partial charge in [0.25, 0.3) is 5.91 Å². The van der Waals surface area contributed by atoms with Crippen LogP contribution in [0, 0.1) is 5.92 Å². The van der Waals surface area contributed by atoms with Crippen LogP contribution in [0.3, 0.4) is 0 Å². The molecule has 3 aliphatic rings. The number of hydrogen-bond donors (Lipinski definition) is 3. The molecule has 0 aromatic heterocycles. The quantitative estimate of drug-likeness (QED) is 0.447. The predicted octanol–water partition coefficient (Wildman–Crippen LogP) is -1.82. The number of hydrogen-bond acceptors (Lipinski definition) is 4. The number of primary amides is 1. The molecule has 5 heteroatoms. The molecule has 5 nitrogen and oxygen atoms in total. The molecule has 0 saturated carbocycles. The van der Waals surface area contributed by atoms with Crippen molar-refractivity contribution < 1.29 is 4.79 Å². The largest absolute Gasteiger partial charge is 0.367 e. The van der Waals surface area contributed by atoms with E-state index in [-0.39, 0.29) is 6.04 Å². The SMILES string of the molecule is NC(=O)C1(N)C(N)C2CCN1CC2. The minimum atomic E-state index is -1.10. The number of nitrogens with two attached hydrogens (primary N) is 3. The second-order valence-electron chi connectivity index (χ2n) is 4.04. The Hall–Kier alpha value is -0.650. The van der Waals surface area contributed by atoms with Gasteiger partial charge in [-0.05, 0) is 18.8 Å². The number of carbonyl (C=O) groups is 1. The first-order valence-corrected chi connectivity index (χ1v) is 4.66. The van der Waals surface area contributed by atoms with Gasteiger partial charge < -0.3 is 17.2 Å². The van der Waals surface area contributed by atoms with E-state index < -0.39 is 11.6 Å². The third-order valence-corrected chi connectivity index (χ3v) is 3.47. The monoisotopic (exact) mass is 184 g/mol. The van der Waals surface area contributed by atoms with Crippen LogP contribution in [0.25, 0.3) is 0 Å². The van der Waals surface area contributed by atoms with Gasteiger partial charge in [0.2, 0.25) is 0 Å². The summed E-state index contributed by atoms with van der Waals surface area (Å²) in [4.78, 5) is 13.2. The molecule has 2 atom stereocenters. The summed E-state index contributed by atoms with van der Waals surface area (Å²) in [6.07, 6.45) is 2.07. The van der Waals surface area contributed by atoms with E-state index in [1.165, 1.54) is 0 Å². The molecule has 2 bridgehead atoms. The lowest BCUT2D eigenvalue weighted by Crippen LogP contribution is -2.79. The van der Waals surface area contributed by atoms with Crippen LogP contribution in [0.5, 0.6) is 0 Å². The van der Waals surface area contributed by atoms with Crippen molar-refractivity contribution in [3.05, 3.63) is 0 Å². The Labute approximate surface area is 77.2 Å². The van der Waals surface area contributed by atoms with Crippen LogP contribution in [0.15, 0.2) is 0 Å². The summed E-state index contributed by atoms with van der Waals surface area (Å²) in [6.45, 7) is 1.69. The van der Waals surface area contributed by atoms with Crippen molar-refractivity contribution in [1.82, 2.24) is 4.90 Å². The second-order valence-corrected chi connectivity index (χ2v) is 4.04. The third kappa shape index (κ3) is 1.01. The maximum Gasteiger partial charge on any atom is 0.254 e. The van der Waals surface area contributed by atoms with E-state index in [9.17, 15) is 4.79 Å². The molecular weight excluding hydrogens is 168 g/mol. The van der Waals surface area contributed by atoms with Crippen molar-refractivity contribution in [1.29, 1.82) is 0 Å². The summed E-state index contributed by atoms with van der Waals surface area (Å²) in [5, 5.41) is 0. The fourth-order valence-corrected chi connectivity index (χ4v) is 2.52. The fourth-order valence-electron chi connectivity index (χ4n) is 2.52. The number of piperidine rings is 3. The number of fused-ring (bicyclic) bond motifs is 3. The van der Waals surface area contributed by atoms with E-state index in [4.69, 9.17) is 17.2 Å². The molecule has 3 aliphatic heterocycles. The maximum atomic E-state index is 11.3. The number of carbonyl (C=O) groups excluding carboxylic acids is 1. The molecule has 0 aliphatic carbocycles. The lowest BCUT2D eigenvalue weighted by atomic mass is 9.75. The molecular formula is C8H16N4O. The molecule has 13 heavy (non-hydrogen) atoms. The fraction of sp³-hybridized carbons (Fsp3) is 0.875. The first-order chi connectivity index (χ1) is 6.06. The smallest absolute Gasteiger partial charge is 0.254 e. The summed E-state index contributed by atoms with van der Waals surface area (Å²) < 4.78 is 0. The van der Waals surface area contributed by atoms with Crippen LogP contribution in [0.4, 0.5) is 0 Å². The molecule has 3 saturated heterocycles. The van der Waals surface area contributed by atoms with Crippen LogP contribution in [-0.2, 0) is 4.79 Å². The van der Waals surface area contributed by atoms with Gasteiger partial charge in [0.1, 0.15) is 0 Å². The Kier molecular flexibility index (Phi) is 1.83. The highest BCUT2D eigenvalue weighted by molar-refractivity contribution is 5.85. The van der Waals surface area contributed by atoms with E-state index in [0.717, 1.165) is 25.9 Å². The van der Waals surface area contributed by atoms with Gasteiger partial charge in [0, 0.05) is 19.1 Å². The Balaban J connectivity index is 2.32. The average molecular weight is 184 g/mol. The van der Waals surface area contributed by atoms with Gasteiger partial charge in [-0.15, -0.1) is 0 Å². The van der Waals surface area contributed by atoms with E-state index in [1.54, 1.807) is 0 Å². The molecule has 2 unspecified atom stereocenters. The van der Waals surface area contributed by atoms with Crippen molar-refractivity contribution >= 4 is 5.91 Å². The van der Waals surface area contributed by atoms with E-state index in [0.29, 0.717) is 5.92 Å². The number of rotatable bonds is 1. The zero-order chi connectivity index (χ0) is 9.64. The topological polar surface area (TPSA) is 98.4 Å². The van der Waals surface area contributed by atoms with Crippen LogP contribution in [-0.4, -0.2) is 35.6 Å². The third-order valence-electron chi connectivity index (χ3n) is 3.47. The molecule has 0 spiro atoms. The van der Waals surface area contributed by atoms with Crippen LogP contribution in [0.2, 0.25) is 0 Å². The maximum absolute atomic E-state index is 11.3. The van der Waals surface area contributed by atoms with Crippen LogP contribution in [0.1, 0.15) is 12.8 Å². The summed E-state index contributed by atoms with van der Waals surface area (Å²) in [5.74, 6) is -0.132. The lowest BCUT2D eigenvalue weighted by Gasteiger charge is -2.54. The minimum Gasteiger partial charge on any atom is -0.367 e. The first kappa shape index (κ1) is 8.93.